The molecule has 0 aliphatic carbocycles. The third-order valence-corrected chi connectivity index (χ3v) is 5.66. The fraction of sp³-hybridized carbons (Fsp3) is 0.143. The van der Waals surface area contributed by atoms with Crippen LogP contribution in [0.1, 0.15) is 5.56 Å². The van der Waals surface area contributed by atoms with E-state index in [4.69, 9.17) is 9.47 Å². The van der Waals surface area contributed by atoms with Crippen molar-refractivity contribution >= 4 is 37.2 Å². The molecule has 3 aromatic carbocycles. The van der Waals surface area contributed by atoms with Crippen molar-refractivity contribution in [3.8, 4) is 11.5 Å². The van der Waals surface area contributed by atoms with Gasteiger partial charge in [-0.25, -0.2) is 0 Å². The van der Waals surface area contributed by atoms with E-state index in [1.54, 1.807) is 0 Å². The topological polar surface area (TPSA) is 30.5 Å². The Labute approximate surface area is 149 Å². The highest BCUT2D eigenvalue weighted by Crippen LogP contribution is 2.36. The molecule has 0 saturated carbocycles. The van der Waals surface area contributed by atoms with Gasteiger partial charge in [0.2, 0.25) is 0 Å². The van der Waals surface area contributed by atoms with Crippen molar-refractivity contribution in [1.82, 2.24) is 0 Å². The summed E-state index contributed by atoms with van der Waals surface area (Å²) in [5, 5.41) is 6.15. The summed E-state index contributed by atoms with van der Waals surface area (Å²) in [6.07, 6.45) is 0. The lowest BCUT2D eigenvalue weighted by Gasteiger charge is -2.21. The van der Waals surface area contributed by atoms with Crippen LogP contribution in [-0.4, -0.2) is 13.2 Å². The second-order valence-electron chi connectivity index (χ2n) is 6.10. The van der Waals surface area contributed by atoms with Crippen molar-refractivity contribution in [3.63, 3.8) is 0 Å². The SMILES string of the molecule is c1cc(CNc2ccc3sc4ccccc4c3c2)c2c(c1)OCCO2. The molecule has 1 N–H and O–H groups in total. The predicted octanol–water partition coefficient (Wildman–Crippen LogP) is 5.44. The Morgan fingerprint density at radius 1 is 0.840 bits per heavy atom. The zero-order valence-corrected chi connectivity index (χ0v) is 14.4. The summed E-state index contributed by atoms with van der Waals surface area (Å²) < 4.78 is 14.1. The highest BCUT2D eigenvalue weighted by Gasteiger charge is 2.15. The number of benzene rings is 3. The van der Waals surface area contributed by atoms with Crippen LogP contribution in [0.2, 0.25) is 0 Å². The van der Waals surface area contributed by atoms with E-state index in [2.05, 4.69) is 53.8 Å². The molecule has 1 aliphatic heterocycles. The molecule has 2 heterocycles. The van der Waals surface area contributed by atoms with Gasteiger partial charge < -0.3 is 14.8 Å². The minimum absolute atomic E-state index is 0.608. The monoisotopic (exact) mass is 347 g/mol. The molecule has 0 fully saturated rings. The van der Waals surface area contributed by atoms with Crippen molar-refractivity contribution in [2.75, 3.05) is 18.5 Å². The lowest BCUT2D eigenvalue weighted by Crippen LogP contribution is -2.17. The van der Waals surface area contributed by atoms with Crippen LogP contribution in [-0.2, 0) is 6.54 Å². The van der Waals surface area contributed by atoms with Gasteiger partial charge in [0.25, 0.3) is 0 Å². The molecule has 5 rings (SSSR count). The maximum absolute atomic E-state index is 5.80. The maximum Gasteiger partial charge on any atom is 0.166 e. The average Bonchev–Trinajstić information content (AvgIpc) is 3.04. The van der Waals surface area contributed by atoms with Crippen LogP contribution in [0.5, 0.6) is 11.5 Å². The number of thiophene rings is 1. The van der Waals surface area contributed by atoms with E-state index in [9.17, 15) is 0 Å². The van der Waals surface area contributed by atoms with Gasteiger partial charge >= 0.3 is 0 Å². The molecule has 0 saturated heterocycles. The lowest BCUT2D eigenvalue weighted by atomic mass is 10.1. The minimum atomic E-state index is 0.608. The molecule has 4 heteroatoms. The first-order valence-electron chi connectivity index (χ1n) is 8.41. The Morgan fingerprint density at radius 3 is 2.72 bits per heavy atom. The van der Waals surface area contributed by atoms with Crippen molar-refractivity contribution in [1.29, 1.82) is 0 Å². The number of anilines is 1. The molecular weight excluding hydrogens is 330 g/mol. The van der Waals surface area contributed by atoms with E-state index >= 15 is 0 Å². The van der Waals surface area contributed by atoms with Crippen molar-refractivity contribution in [3.05, 3.63) is 66.2 Å². The molecule has 0 bridgehead atoms. The van der Waals surface area contributed by atoms with Gasteiger partial charge in [-0.15, -0.1) is 11.3 Å². The average molecular weight is 347 g/mol. The number of ether oxygens (including phenoxy) is 2. The van der Waals surface area contributed by atoms with Gasteiger partial charge in [-0.05, 0) is 30.3 Å². The Kier molecular flexibility index (Phi) is 3.49. The van der Waals surface area contributed by atoms with Crippen LogP contribution in [0, 0.1) is 0 Å². The summed E-state index contributed by atoms with van der Waals surface area (Å²) >= 11 is 1.84. The van der Waals surface area contributed by atoms with Gasteiger partial charge in [0.1, 0.15) is 13.2 Å². The molecule has 3 nitrogen and oxygen atoms in total. The summed E-state index contributed by atoms with van der Waals surface area (Å²) in [4.78, 5) is 0. The van der Waals surface area contributed by atoms with Crippen molar-refractivity contribution in [2.45, 2.75) is 6.54 Å². The van der Waals surface area contributed by atoms with E-state index < -0.39 is 0 Å². The molecule has 0 spiro atoms. The van der Waals surface area contributed by atoms with Gasteiger partial charge in [0, 0.05) is 38.0 Å². The number of fused-ring (bicyclic) bond motifs is 4. The minimum Gasteiger partial charge on any atom is -0.486 e. The Hall–Kier alpha value is -2.72. The highest BCUT2D eigenvalue weighted by molar-refractivity contribution is 7.25. The third-order valence-electron chi connectivity index (χ3n) is 4.51. The quantitative estimate of drug-likeness (QED) is 0.535. The second-order valence-corrected chi connectivity index (χ2v) is 7.19. The first-order valence-corrected chi connectivity index (χ1v) is 9.23. The summed E-state index contributed by atoms with van der Waals surface area (Å²) in [5.74, 6) is 1.70. The van der Waals surface area contributed by atoms with Crippen molar-refractivity contribution < 1.29 is 9.47 Å². The van der Waals surface area contributed by atoms with Gasteiger partial charge in [-0.2, -0.15) is 0 Å². The molecule has 25 heavy (non-hydrogen) atoms. The molecule has 0 radical (unpaired) electrons. The number of para-hydroxylation sites is 1. The highest BCUT2D eigenvalue weighted by atomic mass is 32.1. The van der Waals surface area contributed by atoms with Gasteiger partial charge in [-0.3, -0.25) is 0 Å². The molecule has 1 aromatic heterocycles. The fourth-order valence-corrected chi connectivity index (χ4v) is 4.39. The lowest BCUT2D eigenvalue weighted by molar-refractivity contribution is 0.170. The van der Waals surface area contributed by atoms with Crippen LogP contribution in [0.4, 0.5) is 5.69 Å². The molecule has 0 unspecified atom stereocenters. The molecule has 124 valence electrons. The van der Waals surface area contributed by atoms with Crippen LogP contribution < -0.4 is 14.8 Å². The van der Waals surface area contributed by atoms with E-state index in [-0.39, 0.29) is 0 Å². The number of nitrogens with one attached hydrogen (secondary N) is 1. The Bertz CT molecular complexity index is 1070. The molecule has 0 atom stereocenters. The molecular formula is C21H17NO2S. The van der Waals surface area contributed by atoms with E-state index in [0.717, 1.165) is 22.7 Å². The number of hydrogen-bond donors (Lipinski definition) is 1. The summed E-state index contributed by atoms with van der Waals surface area (Å²) in [5.41, 5.74) is 2.23. The molecule has 4 aromatic rings. The summed E-state index contributed by atoms with van der Waals surface area (Å²) in [7, 11) is 0. The van der Waals surface area contributed by atoms with E-state index in [0.29, 0.717) is 19.8 Å². The number of hydrogen-bond acceptors (Lipinski definition) is 4. The fourth-order valence-electron chi connectivity index (χ4n) is 3.31. The molecule has 1 aliphatic rings. The number of rotatable bonds is 3. The first-order chi connectivity index (χ1) is 12.4. The first kappa shape index (κ1) is 14.6. The van der Waals surface area contributed by atoms with E-state index in [1.807, 2.05) is 23.5 Å². The summed E-state index contributed by atoms with van der Waals surface area (Å²) in [6.45, 7) is 1.93. The smallest absolute Gasteiger partial charge is 0.166 e. The maximum atomic E-state index is 5.80. The van der Waals surface area contributed by atoms with Crippen LogP contribution >= 0.6 is 11.3 Å². The summed E-state index contributed by atoms with van der Waals surface area (Å²) in [6, 6.07) is 21.2. The van der Waals surface area contributed by atoms with Gasteiger partial charge in [0.15, 0.2) is 11.5 Å². The van der Waals surface area contributed by atoms with Crippen molar-refractivity contribution in [2.24, 2.45) is 0 Å². The standard InChI is InChI=1S/C21H17NO2S/c1-2-7-19-16(5-1)17-12-15(8-9-20(17)25-19)22-13-14-4-3-6-18-21(14)24-11-10-23-18/h1-9,12,22H,10-11,13H2. The van der Waals surface area contributed by atoms with Crippen LogP contribution in [0.3, 0.4) is 0 Å². The largest absolute Gasteiger partial charge is 0.486 e. The second kappa shape index (κ2) is 5.97. The predicted molar refractivity (Wildman–Crippen MR) is 104 cm³/mol. The van der Waals surface area contributed by atoms with Gasteiger partial charge in [-0.1, -0.05) is 30.3 Å². The third kappa shape index (κ3) is 2.59. The molecule has 0 amide bonds. The van der Waals surface area contributed by atoms with Crippen LogP contribution in [0.15, 0.2) is 60.7 Å². The van der Waals surface area contributed by atoms with E-state index in [1.165, 1.54) is 20.2 Å². The Balaban J connectivity index is 1.46. The Morgan fingerprint density at radius 2 is 1.72 bits per heavy atom. The zero-order chi connectivity index (χ0) is 16.6. The van der Waals surface area contributed by atoms with Crippen LogP contribution in [0.25, 0.3) is 20.2 Å². The van der Waals surface area contributed by atoms with Gasteiger partial charge in [0.05, 0.1) is 0 Å². The normalized spacial score (nSPS) is 13.3. The zero-order valence-electron chi connectivity index (χ0n) is 13.6.